The van der Waals surface area contributed by atoms with Gasteiger partial charge in [0.25, 0.3) is 0 Å². The molecule has 0 saturated heterocycles. The summed E-state index contributed by atoms with van der Waals surface area (Å²) < 4.78 is 5.01. The van der Waals surface area contributed by atoms with E-state index in [4.69, 9.17) is 16.3 Å². The summed E-state index contributed by atoms with van der Waals surface area (Å²) in [6.45, 7) is 3.06. The third-order valence-electron chi connectivity index (χ3n) is 4.07. The number of hydrogen-bond donors (Lipinski definition) is 2. The molecule has 1 aliphatic rings. The van der Waals surface area contributed by atoms with Gasteiger partial charge < -0.3 is 15.2 Å². The molecule has 2 N–H and O–H groups in total. The Hall–Kier alpha value is -0.610. The fraction of sp³-hybridized carbons (Fsp3) is 0.625. The highest BCUT2D eigenvalue weighted by Crippen LogP contribution is 2.37. The number of rotatable bonds is 7. The van der Waals surface area contributed by atoms with E-state index >= 15 is 0 Å². The highest BCUT2D eigenvalue weighted by Gasteiger charge is 2.31. The fourth-order valence-electron chi connectivity index (χ4n) is 2.59. The molecule has 1 atom stereocenters. The zero-order chi connectivity index (χ0) is 14.6. The van der Waals surface area contributed by atoms with Crippen LogP contribution < -0.4 is 5.32 Å². The van der Waals surface area contributed by atoms with Crippen LogP contribution in [0.4, 0.5) is 0 Å². The van der Waals surface area contributed by atoms with Crippen LogP contribution in [0.15, 0.2) is 24.3 Å². The minimum absolute atomic E-state index is 0.494. The molecule has 0 amide bonds. The van der Waals surface area contributed by atoms with Crippen molar-refractivity contribution in [3.05, 3.63) is 34.9 Å². The van der Waals surface area contributed by atoms with E-state index < -0.39 is 5.60 Å². The summed E-state index contributed by atoms with van der Waals surface area (Å²) in [6, 6.07) is 8.60. The summed E-state index contributed by atoms with van der Waals surface area (Å²) >= 11 is 6.02. The number of ether oxygens (including phenoxy) is 1. The number of halogens is 1. The molecule has 0 radical (unpaired) electrons. The van der Waals surface area contributed by atoms with Gasteiger partial charge in [0.1, 0.15) is 0 Å². The molecular formula is C16H24ClNO2. The van der Waals surface area contributed by atoms with Gasteiger partial charge in [-0.1, -0.05) is 23.7 Å². The first-order chi connectivity index (χ1) is 9.50. The van der Waals surface area contributed by atoms with Gasteiger partial charge in [-0.2, -0.15) is 0 Å². The molecule has 0 heterocycles. The van der Waals surface area contributed by atoms with E-state index in [2.05, 4.69) is 17.4 Å². The van der Waals surface area contributed by atoms with Gasteiger partial charge in [-0.05, 0) is 43.4 Å². The minimum Gasteiger partial charge on any atom is -0.389 e. The molecule has 4 heteroatoms. The molecule has 3 nitrogen and oxygen atoms in total. The molecule has 112 valence electrons. The summed E-state index contributed by atoms with van der Waals surface area (Å²) in [6.07, 6.45) is 2.88. The molecule has 0 bridgehead atoms. The summed E-state index contributed by atoms with van der Waals surface area (Å²) in [4.78, 5) is 0. The Kier molecular flexibility index (Phi) is 5.44. The lowest BCUT2D eigenvalue weighted by molar-refractivity contribution is 0.0197. The second kappa shape index (κ2) is 6.90. The topological polar surface area (TPSA) is 41.5 Å². The number of methoxy groups -OCH3 is 1. The Morgan fingerprint density at radius 1 is 1.45 bits per heavy atom. The maximum Gasteiger partial charge on any atom is 0.0765 e. The summed E-state index contributed by atoms with van der Waals surface area (Å²) in [5, 5.41) is 14.4. The van der Waals surface area contributed by atoms with Crippen molar-refractivity contribution in [2.24, 2.45) is 0 Å². The van der Waals surface area contributed by atoms with Gasteiger partial charge >= 0.3 is 0 Å². The van der Waals surface area contributed by atoms with Crippen molar-refractivity contribution in [1.82, 2.24) is 5.32 Å². The molecule has 1 unspecified atom stereocenters. The van der Waals surface area contributed by atoms with E-state index in [0.29, 0.717) is 31.5 Å². The number of aliphatic hydroxyl groups is 1. The first-order valence-corrected chi connectivity index (χ1v) is 7.58. The van der Waals surface area contributed by atoms with E-state index in [1.807, 2.05) is 19.1 Å². The van der Waals surface area contributed by atoms with Crippen LogP contribution in [0, 0.1) is 0 Å². The van der Waals surface area contributed by atoms with Crippen LogP contribution in [0.25, 0.3) is 0 Å². The number of nitrogens with one attached hydrogen (secondary N) is 1. The van der Waals surface area contributed by atoms with E-state index in [1.165, 1.54) is 5.56 Å². The monoisotopic (exact) mass is 297 g/mol. The van der Waals surface area contributed by atoms with Crippen LogP contribution in [-0.2, 0) is 4.74 Å². The molecule has 0 aromatic heterocycles. The SMILES string of the molecule is COCCC(C)(O)CNC1CC(c2cccc(Cl)c2)C1. The molecule has 20 heavy (non-hydrogen) atoms. The third kappa shape index (κ3) is 4.45. The highest BCUT2D eigenvalue weighted by atomic mass is 35.5. The predicted octanol–water partition coefficient (Wildman–Crippen LogP) is 2.96. The maximum atomic E-state index is 10.2. The van der Waals surface area contributed by atoms with Crippen molar-refractivity contribution in [2.45, 2.75) is 43.7 Å². The largest absolute Gasteiger partial charge is 0.389 e. The normalized spacial score (nSPS) is 25.0. The average molecular weight is 298 g/mol. The molecule has 1 saturated carbocycles. The Balaban J connectivity index is 1.72. The second-order valence-electron chi connectivity index (χ2n) is 6.04. The smallest absolute Gasteiger partial charge is 0.0765 e. The first kappa shape index (κ1) is 15.8. The molecular weight excluding hydrogens is 274 g/mol. The van der Waals surface area contributed by atoms with Crippen molar-refractivity contribution in [2.75, 3.05) is 20.3 Å². The first-order valence-electron chi connectivity index (χ1n) is 7.20. The summed E-state index contributed by atoms with van der Waals surface area (Å²) in [7, 11) is 1.66. The Labute approximate surface area is 126 Å². The van der Waals surface area contributed by atoms with Crippen LogP contribution in [0.2, 0.25) is 5.02 Å². The van der Waals surface area contributed by atoms with Crippen LogP contribution in [0.5, 0.6) is 0 Å². The lowest BCUT2D eigenvalue weighted by atomic mass is 9.75. The standard InChI is InChI=1S/C16H24ClNO2/c1-16(19,6-7-20-2)11-18-15-9-13(10-15)12-4-3-5-14(17)8-12/h3-5,8,13,15,18-19H,6-7,9-11H2,1-2H3. The van der Waals surface area contributed by atoms with E-state index in [9.17, 15) is 5.11 Å². The van der Waals surface area contributed by atoms with Crippen LogP contribution in [0.3, 0.4) is 0 Å². The Morgan fingerprint density at radius 3 is 2.85 bits per heavy atom. The molecule has 1 aromatic carbocycles. The lowest BCUT2D eigenvalue weighted by Crippen LogP contribution is -2.47. The third-order valence-corrected chi connectivity index (χ3v) is 4.31. The molecule has 2 rings (SSSR count). The molecule has 1 aromatic rings. The number of hydrogen-bond acceptors (Lipinski definition) is 3. The zero-order valence-corrected chi connectivity index (χ0v) is 13.0. The van der Waals surface area contributed by atoms with Gasteiger partial charge in [-0.3, -0.25) is 0 Å². The molecule has 0 aliphatic heterocycles. The zero-order valence-electron chi connectivity index (χ0n) is 12.2. The van der Waals surface area contributed by atoms with Crippen molar-refractivity contribution in [3.63, 3.8) is 0 Å². The van der Waals surface area contributed by atoms with E-state index in [0.717, 1.165) is 17.9 Å². The lowest BCUT2D eigenvalue weighted by Gasteiger charge is -2.38. The van der Waals surface area contributed by atoms with Gasteiger partial charge in [0.05, 0.1) is 5.60 Å². The maximum absolute atomic E-state index is 10.2. The van der Waals surface area contributed by atoms with Gasteiger partial charge in [0, 0.05) is 37.7 Å². The van der Waals surface area contributed by atoms with Crippen LogP contribution in [0.1, 0.15) is 37.7 Å². The minimum atomic E-state index is -0.697. The fourth-order valence-corrected chi connectivity index (χ4v) is 2.79. The second-order valence-corrected chi connectivity index (χ2v) is 6.48. The van der Waals surface area contributed by atoms with Crippen molar-refractivity contribution < 1.29 is 9.84 Å². The van der Waals surface area contributed by atoms with E-state index in [1.54, 1.807) is 7.11 Å². The molecule has 1 aliphatic carbocycles. The number of benzene rings is 1. The summed E-state index contributed by atoms with van der Waals surface area (Å²) in [5.41, 5.74) is 0.624. The Morgan fingerprint density at radius 2 is 2.20 bits per heavy atom. The van der Waals surface area contributed by atoms with E-state index in [-0.39, 0.29) is 0 Å². The van der Waals surface area contributed by atoms with Crippen molar-refractivity contribution >= 4 is 11.6 Å². The van der Waals surface area contributed by atoms with Crippen LogP contribution in [-0.4, -0.2) is 37.0 Å². The quantitative estimate of drug-likeness (QED) is 0.813. The summed E-state index contributed by atoms with van der Waals surface area (Å²) in [5.74, 6) is 0.593. The molecule has 1 fully saturated rings. The van der Waals surface area contributed by atoms with Crippen molar-refractivity contribution in [3.8, 4) is 0 Å². The highest BCUT2D eigenvalue weighted by molar-refractivity contribution is 6.30. The van der Waals surface area contributed by atoms with Gasteiger partial charge in [0.15, 0.2) is 0 Å². The average Bonchev–Trinajstić information content (AvgIpc) is 2.34. The van der Waals surface area contributed by atoms with Gasteiger partial charge in [0.2, 0.25) is 0 Å². The van der Waals surface area contributed by atoms with Crippen LogP contribution >= 0.6 is 11.6 Å². The van der Waals surface area contributed by atoms with Gasteiger partial charge in [-0.25, -0.2) is 0 Å². The Bertz CT molecular complexity index is 430. The molecule has 0 spiro atoms. The predicted molar refractivity (Wildman–Crippen MR) is 82.3 cm³/mol. The van der Waals surface area contributed by atoms with Gasteiger partial charge in [-0.15, -0.1) is 0 Å². The van der Waals surface area contributed by atoms with Crippen molar-refractivity contribution in [1.29, 1.82) is 0 Å².